The van der Waals surface area contributed by atoms with Crippen molar-refractivity contribution < 1.29 is 9.47 Å². The Labute approximate surface area is 140 Å². The van der Waals surface area contributed by atoms with E-state index in [0.29, 0.717) is 12.4 Å². The van der Waals surface area contributed by atoms with Crippen LogP contribution in [0.5, 0.6) is 11.5 Å². The van der Waals surface area contributed by atoms with Gasteiger partial charge in [-0.05, 0) is 18.2 Å². The molecule has 0 bridgehead atoms. The third kappa shape index (κ3) is 3.32. The predicted octanol–water partition coefficient (Wildman–Crippen LogP) is 3.30. The molecule has 0 saturated carbocycles. The molecule has 0 spiro atoms. The summed E-state index contributed by atoms with van der Waals surface area (Å²) in [7, 11) is 5.19. The number of nitrogens with zero attached hydrogens (tertiary/aromatic N) is 2. The molecule has 0 aliphatic carbocycles. The number of nitrogens with one attached hydrogen (secondary N) is 2. The van der Waals surface area contributed by atoms with Gasteiger partial charge in [0.2, 0.25) is 0 Å². The first-order valence-electron chi connectivity index (χ1n) is 7.63. The number of ether oxygens (including phenoxy) is 2. The first-order valence-corrected chi connectivity index (χ1v) is 7.63. The van der Waals surface area contributed by atoms with E-state index in [9.17, 15) is 0 Å². The van der Waals surface area contributed by atoms with Gasteiger partial charge in [0, 0.05) is 37.0 Å². The summed E-state index contributed by atoms with van der Waals surface area (Å²) in [5.74, 6) is 2.31. The maximum atomic E-state index is 5.44. The quantitative estimate of drug-likeness (QED) is 0.725. The lowest BCUT2D eigenvalue weighted by molar-refractivity contribution is 0.410. The van der Waals surface area contributed by atoms with E-state index in [2.05, 4.69) is 20.6 Å². The van der Waals surface area contributed by atoms with Gasteiger partial charge in [-0.25, -0.2) is 4.98 Å². The Morgan fingerprint density at radius 2 is 1.88 bits per heavy atom. The Morgan fingerprint density at radius 3 is 2.62 bits per heavy atom. The highest BCUT2D eigenvalue weighted by Crippen LogP contribution is 2.24. The number of anilines is 2. The van der Waals surface area contributed by atoms with Crippen molar-refractivity contribution in [2.45, 2.75) is 6.54 Å². The summed E-state index contributed by atoms with van der Waals surface area (Å²) >= 11 is 0. The number of hydrogen-bond donors (Lipinski definition) is 2. The van der Waals surface area contributed by atoms with E-state index in [-0.39, 0.29) is 0 Å². The summed E-state index contributed by atoms with van der Waals surface area (Å²) < 4.78 is 10.6. The Kier molecular flexibility index (Phi) is 4.65. The lowest BCUT2D eigenvalue weighted by atomic mass is 10.1. The van der Waals surface area contributed by atoms with Gasteiger partial charge in [-0.3, -0.25) is 4.98 Å². The molecule has 24 heavy (non-hydrogen) atoms. The maximum Gasteiger partial charge on any atom is 0.145 e. The van der Waals surface area contributed by atoms with Gasteiger partial charge in [0.05, 0.1) is 31.4 Å². The van der Waals surface area contributed by atoms with Crippen molar-refractivity contribution in [3.63, 3.8) is 0 Å². The topological polar surface area (TPSA) is 68.3 Å². The largest absolute Gasteiger partial charge is 0.497 e. The fraction of sp³-hybridized carbons (Fsp3) is 0.222. The number of fused-ring (bicyclic) bond motifs is 1. The molecule has 0 aliphatic rings. The number of aromatic nitrogens is 2. The second-order valence-electron chi connectivity index (χ2n) is 5.24. The SMILES string of the molecule is CNc1ccc(CNc2cnc3cc(OC)ccc3n2)c(OC)c1. The molecule has 0 fully saturated rings. The van der Waals surface area contributed by atoms with Crippen molar-refractivity contribution in [3.05, 3.63) is 48.2 Å². The van der Waals surface area contributed by atoms with Gasteiger partial charge in [-0.15, -0.1) is 0 Å². The van der Waals surface area contributed by atoms with Crippen LogP contribution in [0.15, 0.2) is 42.6 Å². The van der Waals surface area contributed by atoms with Crippen LogP contribution in [-0.2, 0) is 6.54 Å². The van der Waals surface area contributed by atoms with E-state index in [1.54, 1.807) is 20.4 Å². The monoisotopic (exact) mass is 324 g/mol. The van der Waals surface area contributed by atoms with Gasteiger partial charge < -0.3 is 20.1 Å². The smallest absolute Gasteiger partial charge is 0.145 e. The molecule has 2 aromatic carbocycles. The molecule has 1 aromatic heterocycles. The summed E-state index contributed by atoms with van der Waals surface area (Å²) in [6.07, 6.45) is 1.72. The summed E-state index contributed by atoms with van der Waals surface area (Å²) in [6.45, 7) is 0.601. The van der Waals surface area contributed by atoms with Gasteiger partial charge in [0.1, 0.15) is 17.3 Å². The highest BCUT2D eigenvalue weighted by Gasteiger charge is 2.06. The van der Waals surface area contributed by atoms with Crippen LogP contribution >= 0.6 is 0 Å². The Bertz CT molecular complexity index is 852. The van der Waals surface area contributed by atoms with Crippen LogP contribution in [0.25, 0.3) is 11.0 Å². The molecule has 1 heterocycles. The predicted molar refractivity (Wildman–Crippen MR) is 96.0 cm³/mol. The molecule has 6 heteroatoms. The fourth-order valence-corrected chi connectivity index (χ4v) is 2.43. The zero-order chi connectivity index (χ0) is 16.9. The highest BCUT2D eigenvalue weighted by atomic mass is 16.5. The van der Waals surface area contributed by atoms with Crippen LogP contribution in [0.2, 0.25) is 0 Å². The molecular weight excluding hydrogens is 304 g/mol. The van der Waals surface area contributed by atoms with Crippen molar-refractivity contribution >= 4 is 22.5 Å². The molecule has 2 N–H and O–H groups in total. The third-order valence-electron chi connectivity index (χ3n) is 3.79. The van der Waals surface area contributed by atoms with E-state index in [4.69, 9.17) is 9.47 Å². The first-order chi connectivity index (χ1) is 11.7. The second kappa shape index (κ2) is 7.04. The molecule has 0 amide bonds. The van der Waals surface area contributed by atoms with Crippen LogP contribution < -0.4 is 20.1 Å². The van der Waals surface area contributed by atoms with Gasteiger partial charge >= 0.3 is 0 Å². The fourth-order valence-electron chi connectivity index (χ4n) is 2.43. The van der Waals surface area contributed by atoms with Crippen molar-refractivity contribution in [1.29, 1.82) is 0 Å². The zero-order valence-corrected chi connectivity index (χ0v) is 14.0. The van der Waals surface area contributed by atoms with E-state index in [1.165, 1.54) is 0 Å². The molecule has 3 aromatic rings. The van der Waals surface area contributed by atoms with Crippen molar-refractivity contribution in [3.8, 4) is 11.5 Å². The standard InChI is InChI=1S/C18H20N4O2/c1-19-13-5-4-12(17(8-13)24-3)10-21-18-11-20-16-9-14(23-2)6-7-15(16)22-18/h4-9,11,19H,10H2,1-3H3,(H,21,22). The minimum Gasteiger partial charge on any atom is -0.497 e. The average molecular weight is 324 g/mol. The zero-order valence-electron chi connectivity index (χ0n) is 14.0. The second-order valence-corrected chi connectivity index (χ2v) is 5.24. The lowest BCUT2D eigenvalue weighted by Gasteiger charge is -2.12. The van der Waals surface area contributed by atoms with E-state index in [0.717, 1.165) is 33.8 Å². The Hall–Kier alpha value is -3.02. The molecule has 124 valence electrons. The van der Waals surface area contributed by atoms with Crippen molar-refractivity contribution in [2.75, 3.05) is 31.9 Å². The Morgan fingerprint density at radius 1 is 1.00 bits per heavy atom. The number of benzene rings is 2. The molecule has 0 saturated heterocycles. The van der Waals surface area contributed by atoms with E-state index < -0.39 is 0 Å². The average Bonchev–Trinajstić information content (AvgIpc) is 2.65. The van der Waals surface area contributed by atoms with Crippen LogP contribution in [0.1, 0.15) is 5.56 Å². The van der Waals surface area contributed by atoms with Crippen LogP contribution in [-0.4, -0.2) is 31.2 Å². The highest BCUT2D eigenvalue weighted by molar-refractivity contribution is 5.77. The molecule has 6 nitrogen and oxygen atoms in total. The molecule has 0 radical (unpaired) electrons. The minimum atomic E-state index is 0.601. The van der Waals surface area contributed by atoms with Crippen LogP contribution in [0.4, 0.5) is 11.5 Å². The van der Waals surface area contributed by atoms with Crippen LogP contribution in [0.3, 0.4) is 0 Å². The van der Waals surface area contributed by atoms with Crippen LogP contribution in [0, 0.1) is 0 Å². The van der Waals surface area contributed by atoms with Gasteiger partial charge in [0.15, 0.2) is 0 Å². The number of rotatable bonds is 6. The van der Waals surface area contributed by atoms with E-state index >= 15 is 0 Å². The molecular formula is C18H20N4O2. The van der Waals surface area contributed by atoms with Gasteiger partial charge in [-0.1, -0.05) is 6.07 Å². The summed E-state index contributed by atoms with van der Waals surface area (Å²) in [5.41, 5.74) is 3.68. The summed E-state index contributed by atoms with van der Waals surface area (Å²) in [6, 6.07) is 11.6. The lowest BCUT2D eigenvalue weighted by Crippen LogP contribution is -2.04. The molecule has 3 rings (SSSR count). The molecule has 0 unspecified atom stereocenters. The van der Waals surface area contributed by atoms with Crippen molar-refractivity contribution in [1.82, 2.24) is 9.97 Å². The molecule has 0 aliphatic heterocycles. The summed E-state index contributed by atoms with van der Waals surface area (Å²) in [5, 5.41) is 6.39. The number of methoxy groups -OCH3 is 2. The Balaban J connectivity index is 1.78. The van der Waals surface area contributed by atoms with Gasteiger partial charge in [-0.2, -0.15) is 0 Å². The molecule has 0 atom stereocenters. The van der Waals surface area contributed by atoms with Crippen molar-refractivity contribution in [2.24, 2.45) is 0 Å². The third-order valence-corrected chi connectivity index (χ3v) is 3.79. The summed E-state index contributed by atoms with van der Waals surface area (Å²) in [4.78, 5) is 9.00. The minimum absolute atomic E-state index is 0.601. The number of hydrogen-bond acceptors (Lipinski definition) is 6. The van der Waals surface area contributed by atoms with Gasteiger partial charge in [0.25, 0.3) is 0 Å². The first kappa shape index (κ1) is 15.9. The maximum absolute atomic E-state index is 5.44. The van der Waals surface area contributed by atoms with E-state index in [1.807, 2.05) is 43.4 Å². The normalized spacial score (nSPS) is 10.5.